The van der Waals surface area contributed by atoms with Gasteiger partial charge in [-0.25, -0.2) is 0 Å². The van der Waals surface area contributed by atoms with E-state index in [1.54, 1.807) is 29.2 Å². The van der Waals surface area contributed by atoms with Crippen LogP contribution in [0.1, 0.15) is 42.1 Å². The normalized spacial score (nSPS) is 15.5. The molecule has 168 valence electrons. The molecule has 1 saturated heterocycles. The average molecular weight is 442 g/mol. The van der Waals surface area contributed by atoms with Gasteiger partial charge >= 0.3 is 0 Å². The van der Waals surface area contributed by atoms with E-state index in [-0.39, 0.29) is 30.7 Å². The number of benzene rings is 3. The van der Waals surface area contributed by atoms with Crippen molar-refractivity contribution in [3.63, 3.8) is 0 Å². The summed E-state index contributed by atoms with van der Waals surface area (Å²) >= 11 is 0. The molecule has 1 fully saturated rings. The Balaban J connectivity index is 1.42. The number of para-hydroxylation sites is 1. The van der Waals surface area contributed by atoms with E-state index in [9.17, 15) is 14.4 Å². The molecular formula is C27H27N3O3. The van der Waals surface area contributed by atoms with Gasteiger partial charge in [0.2, 0.25) is 11.8 Å². The highest BCUT2D eigenvalue weighted by Gasteiger charge is 2.35. The largest absolute Gasteiger partial charge is 0.326 e. The average Bonchev–Trinajstić information content (AvgIpc) is 3.22. The van der Waals surface area contributed by atoms with Crippen LogP contribution in [0.4, 0.5) is 17.1 Å². The Labute approximate surface area is 193 Å². The highest BCUT2D eigenvalue weighted by atomic mass is 16.2. The first-order valence-corrected chi connectivity index (χ1v) is 11.1. The van der Waals surface area contributed by atoms with Gasteiger partial charge in [-0.15, -0.1) is 0 Å². The third-order valence-electron chi connectivity index (χ3n) is 5.79. The zero-order chi connectivity index (χ0) is 23.4. The standard InChI is InChI=1S/C27H27N3O3/c1-18(2)19-11-13-23(14-12-19)29-27(33)21-16-25(31)30(17-21)24-10-6-7-20(15-24)26(32)28-22-8-4-3-5-9-22/h3-15,18,21H,16-17H2,1-2H3,(H,28,32)(H,29,33). The molecular weight excluding hydrogens is 414 g/mol. The van der Waals surface area contributed by atoms with Crippen molar-refractivity contribution in [2.45, 2.75) is 26.2 Å². The summed E-state index contributed by atoms with van der Waals surface area (Å²) in [5, 5.41) is 5.76. The number of hydrogen-bond acceptors (Lipinski definition) is 3. The summed E-state index contributed by atoms with van der Waals surface area (Å²) in [5.74, 6) is -0.605. The van der Waals surface area contributed by atoms with Crippen LogP contribution < -0.4 is 15.5 Å². The summed E-state index contributed by atoms with van der Waals surface area (Å²) in [6.07, 6.45) is 0.135. The van der Waals surface area contributed by atoms with Crippen LogP contribution in [0.5, 0.6) is 0 Å². The summed E-state index contributed by atoms with van der Waals surface area (Å²) in [5.41, 5.74) is 3.67. The lowest BCUT2D eigenvalue weighted by molar-refractivity contribution is -0.122. The number of carbonyl (C=O) groups is 3. The van der Waals surface area contributed by atoms with Crippen molar-refractivity contribution in [2.75, 3.05) is 22.1 Å². The molecule has 0 aliphatic carbocycles. The molecule has 6 nitrogen and oxygen atoms in total. The lowest BCUT2D eigenvalue weighted by Crippen LogP contribution is -2.28. The fourth-order valence-electron chi connectivity index (χ4n) is 3.87. The van der Waals surface area contributed by atoms with E-state index < -0.39 is 5.92 Å². The number of anilines is 3. The molecule has 0 radical (unpaired) electrons. The Morgan fingerprint density at radius 1 is 0.879 bits per heavy atom. The van der Waals surface area contributed by atoms with Gasteiger partial charge in [0.15, 0.2) is 0 Å². The summed E-state index contributed by atoms with van der Waals surface area (Å²) < 4.78 is 0. The van der Waals surface area contributed by atoms with E-state index in [0.29, 0.717) is 22.9 Å². The minimum Gasteiger partial charge on any atom is -0.326 e. The molecule has 3 aromatic carbocycles. The van der Waals surface area contributed by atoms with Crippen LogP contribution in [0.15, 0.2) is 78.9 Å². The zero-order valence-corrected chi connectivity index (χ0v) is 18.7. The van der Waals surface area contributed by atoms with E-state index in [2.05, 4.69) is 24.5 Å². The molecule has 3 amide bonds. The van der Waals surface area contributed by atoms with Gasteiger partial charge in [-0.05, 0) is 53.9 Å². The van der Waals surface area contributed by atoms with Crippen LogP contribution in [-0.2, 0) is 9.59 Å². The lowest BCUT2D eigenvalue weighted by Gasteiger charge is -2.18. The Morgan fingerprint density at radius 3 is 2.27 bits per heavy atom. The van der Waals surface area contributed by atoms with Gasteiger partial charge in [0.05, 0.1) is 5.92 Å². The number of amides is 3. The van der Waals surface area contributed by atoms with Crippen molar-refractivity contribution < 1.29 is 14.4 Å². The fourth-order valence-corrected chi connectivity index (χ4v) is 3.87. The Kier molecular flexibility index (Phi) is 6.54. The van der Waals surface area contributed by atoms with E-state index in [1.165, 1.54) is 5.56 Å². The zero-order valence-electron chi connectivity index (χ0n) is 18.7. The van der Waals surface area contributed by atoms with Gasteiger partial charge < -0.3 is 15.5 Å². The van der Waals surface area contributed by atoms with Gasteiger partial charge in [0, 0.05) is 35.6 Å². The predicted octanol–water partition coefficient (Wildman–Crippen LogP) is 5.05. The van der Waals surface area contributed by atoms with Gasteiger partial charge in [-0.2, -0.15) is 0 Å². The van der Waals surface area contributed by atoms with E-state index in [1.807, 2.05) is 54.6 Å². The van der Waals surface area contributed by atoms with Crippen LogP contribution in [0.25, 0.3) is 0 Å². The SMILES string of the molecule is CC(C)c1ccc(NC(=O)C2CC(=O)N(c3cccc(C(=O)Nc4ccccc4)c3)C2)cc1. The molecule has 2 N–H and O–H groups in total. The number of hydrogen-bond donors (Lipinski definition) is 2. The predicted molar refractivity (Wildman–Crippen MR) is 130 cm³/mol. The summed E-state index contributed by atoms with van der Waals surface area (Å²) in [6, 6.07) is 23.9. The van der Waals surface area contributed by atoms with Crippen molar-refractivity contribution in [2.24, 2.45) is 5.92 Å². The third kappa shape index (κ3) is 5.29. The number of carbonyl (C=O) groups excluding carboxylic acids is 3. The Bertz CT molecular complexity index is 1160. The molecule has 0 bridgehead atoms. The first kappa shape index (κ1) is 22.3. The highest BCUT2D eigenvalue weighted by Crippen LogP contribution is 2.27. The number of nitrogens with one attached hydrogen (secondary N) is 2. The maximum atomic E-state index is 12.8. The topological polar surface area (TPSA) is 78.5 Å². The second kappa shape index (κ2) is 9.69. The molecule has 33 heavy (non-hydrogen) atoms. The molecule has 4 rings (SSSR count). The molecule has 0 aromatic heterocycles. The van der Waals surface area contributed by atoms with Crippen LogP contribution in [0.3, 0.4) is 0 Å². The first-order valence-electron chi connectivity index (χ1n) is 11.1. The molecule has 0 spiro atoms. The fraction of sp³-hybridized carbons (Fsp3) is 0.222. The van der Waals surface area contributed by atoms with Crippen molar-refractivity contribution >= 4 is 34.8 Å². The summed E-state index contributed by atoms with van der Waals surface area (Å²) in [6.45, 7) is 4.51. The van der Waals surface area contributed by atoms with E-state index in [0.717, 1.165) is 5.69 Å². The van der Waals surface area contributed by atoms with Crippen LogP contribution in [-0.4, -0.2) is 24.3 Å². The van der Waals surface area contributed by atoms with Crippen LogP contribution in [0, 0.1) is 5.92 Å². The quantitative estimate of drug-likeness (QED) is 0.562. The van der Waals surface area contributed by atoms with Gasteiger partial charge in [-0.3, -0.25) is 14.4 Å². The molecule has 1 aliphatic heterocycles. The third-order valence-corrected chi connectivity index (χ3v) is 5.79. The van der Waals surface area contributed by atoms with Gasteiger partial charge in [0.1, 0.15) is 0 Å². The molecule has 1 unspecified atom stereocenters. The maximum Gasteiger partial charge on any atom is 0.255 e. The second-order valence-corrected chi connectivity index (χ2v) is 8.54. The minimum absolute atomic E-state index is 0.133. The van der Waals surface area contributed by atoms with Crippen LogP contribution in [0.2, 0.25) is 0 Å². The Hall–Kier alpha value is -3.93. The van der Waals surface area contributed by atoms with E-state index >= 15 is 0 Å². The Morgan fingerprint density at radius 2 is 1.58 bits per heavy atom. The molecule has 6 heteroatoms. The summed E-state index contributed by atoms with van der Waals surface area (Å²) in [4.78, 5) is 39.7. The smallest absolute Gasteiger partial charge is 0.255 e. The van der Waals surface area contributed by atoms with Crippen molar-refractivity contribution in [1.82, 2.24) is 0 Å². The number of rotatable bonds is 6. The van der Waals surface area contributed by atoms with E-state index in [4.69, 9.17) is 0 Å². The van der Waals surface area contributed by atoms with Gasteiger partial charge in [-0.1, -0.05) is 50.2 Å². The van der Waals surface area contributed by atoms with Crippen molar-refractivity contribution in [3.05, 3.63) is 90.0 Å². The monoisotopic (exact) mass is 441 g/mol. The second-order valence-electron chi connectivity index (χ2n) is 8.54. The van der Waals surface area contributed by atoms with Crippen LogP contribution >= 0.6 is 0 Å². The molecule has 0 saturated carbocycles. The maximum absolute atomic E-state index is 12.8. The van der Waals surface area contributed by atoms with Crippen molar-refractivity contribution in [3.8, 4) is 0 Å². The highest BCUT2D eigenvalue weighted by molar-refractivity contribution is 6.07. The minimum atomic E-state index is -0.455. The molecule has 1 atom stereocenters. The van der Waals surface area contributed by atoms with Crippen molar-refractivity contribution in [1.29, 1.82) is 0 Å². The molecule has 1 heterocycles. The summed E-state index contributed by atoms with van der Waals surface area (Å²) in [7, 11) is 0. The number of nitrogens with zero attached hydrogens (tertiary/aromatic N) is 1. The van der Waals surface area contributed by atoms with Gasteiger partial charge in [0.25, 0.3) is 5.91 Å². The molecule has 3 aromatic rings. The first-order chi connectivity index (χ1) is 15.9. The molecule has 1 aliphatic rings. The lowest BCUT2D eigenvalue weighted by atomic mass is 10.0.